The highest BCUT2D eigenvalue weighted by Gasteiger charge is 2.38. The van der Waals surface area contributed by atoms with E-state index in [9.17, 15) is 9.59 Å². The molecule has 1 aliphatic heterocycles. The molecule has 0 unspecified atom stereocenters. The minimum atomic E-state index is 0.0344. The van der Waals surface area contributed by atoms with E-state index in [1.165, 1.54) is 19.3 Å². The van der Waals surface area contributed by atoms with Crippen molar-refractivity contribution in [3.63, 3.8) is 0 Å². The number of hydrogen-bond donors (Lipinski definition) is 2. The normalized spacial score (nSPS) is 26.7. The van der Waals surface area contributed by atoms with E-state index in [1.54, 1.807) is 0 Å². The van der Waals surface area contributed by atoms with E-state index in [0.29, 0.717) is 13.0 Å². The molecule has 130 valence electrons. The fraction of sp³-hybridized carbons (Fsp3) is 0.889. The van der Waals surface area contributed by atoms with Gasteiger partial charge in [-0.05, 0) is 44.9 Å². The molecule has 23 heavy (non-hydrogen) atoms. The maximum Gasteiger partial charge on any atom is 0.223 e. The van der Waals surface area contributed by atoms with Gasteiger partial charge in [-0.15, -0.1) is 0 Å². The van der Waals surface area contributed by atoms with E-state index in [0.717, 1.165) is 51.6 Å². The first-order chi connectivity index (χ1) is 11.2. The van der Waals surface area contributed by atoms with Crippen LogP contribution in [0.15, 0.2) is 0 Å². The SMILES string of the molecule is O=C(CCCNC(=O)C1CC1)N[C@@H]1CCOC2(CCCCC2)C1. The second-order valence-electron chi connectivity index (χ2n) is 7.52. The van der Waals surface area contributed by atoms with Gasteiger partial charge in [-0.25, -0.2) is 0 Å². The van der Waals surface area contributed by atoms with Crippen molar-refractivity contribution in [1.82, 2.24) is 10.6 Å². The summed E-state index contributed by atoms with van der Waals surface area (Å²) < 4.78 is 6.07. The van der Waals surface area contributed by atoms with Crippen molar-refractivity contribution in [1.29, 1.82) is 0 Å². The zero-order chi connectivity index (χ0) is 16.1. The number of ether oxygens (including phenoxy) is 1. The Hall–Kier alpha value is -1.10. The molecule has 2 N–H and O–H groups in total. The third kappa shape index (κ3) is 4.93. The van der Waals surface area contributed by atoms with E-state index < -0.39 is 0 Å². The summed E-state index contributed by atoms with van der Waals surface area (Å²) in [6.45, 7) is 1.38. The Morgan fingerprint density at radius 1 is 1.09 bits per heavy atom. The first-order valence-electron chi connectivity index (χ1n) is 9.38. The molecular formula is C18H30N2O3. The molecule has 3 aliphatic rings. The van der Waals surface area contributed by atoms with E-state index in [1.807, 2.05) is 0 Å². The van der Waals surface area contributed by atoms with Crippen molar-refractivity contribution >= 4 is 11.8 Å². The first-order valence-corrected chi connectivity index (χ1v) is 9.38. The van der Waals surface area contributed by atoms with Gasteiger partial charge in [-0.1, -0.05) is 19.3 Å². The van der Waals surface area contributed by atoms with Gasteiger partial charge in [0.25, 0.3) is 0 Å². The van der Waals surface area contributed by atoms with Crippen molar-refractivity contribution in [2.75, 3.05) is 13.2 Å². The molecule has 1 saturated heterocycles. The Morgan fingerprint density at radius 2 is 1.87 bits per heavy atom. The highest BCUT2D eigenvalue weighted by Crippen LogP contribution is 2.38. The van der Waals surface area contributed by atoms with Crippen LogP contribution in [0, 0.1) is 5.92 Å². The molecule has 0 aromatic rings. The van der Waals surface area contributed by atoms with E-state index in [2.05, 4.69) is 10.6 Å². The van der Waals surface area contributed by atoms with Crippen LogP contribution < -0.4 is 10.6 Å². The maximum atomic E-state index is 12.1. The topological polar surface area (TPSA) is 67.4 Å². The first kappa shape index (κ1) is 16.7. The Morgan fingerprint density at radius 3 is 2.61 bits per heavy atom. The van der Waals surface area contributed by atoms with E-state index >= 15 is 0 Å². The molecule has 3 rings (SSSR count). The highest BCUT2D eigenvalue weighted by molar-refractivity contribution is 5.81. The second kappa shape index (κ2) is 7.65. The van der Waals surface area contributed by atoms with Crippen LogP contribution >= 0.6 is 0 Å². The molecule has 1 spiro atoms. The Kier molecular flexibility index (Phi) is 5.57. The van der Waals surface area contributed by atoms with Crippen molar-refractivity contribution < 1.29 is 14.3 Å². The van der Waals surface area contributed by atoms with Gasteiger partial charge in [0.2, 0.25) is 11.8 Å². The average molecular weight is 322 g/mol. The van der Waals surface area contributed by atoms with Crippen molar-refractivity contribution in [3.05, 3.63) is 0 Å². The number of rotatable bonds is 6. The predicted octanol–water partition coefficient (Wildman–Crippen LogP) is 2.29. The minimum Gasteiger partial charge on any atom is -0.375 e. The van der Waals surface area contributed by atoms with Gasteiger partial charge >= 0.3 is 0 Å². The van der Waals surface area contributed by atoms with Crippen LogP contribution in [0.2, 0.25) is 0 Å². The Bertz CT molecular complexity index is 422. The number of hydrogen-bond acceptors (Lipinski definition) is 3. The lowest BCUT2D eigenvalue weighted by Gasteiger charge is -2.43. The molecule has 5 heteroatoms. The lowest BCUT2D eigenvalue weighted by molar-refractivity contribution is -0.129. The fourth-order valence-electron chi connectivity index (χ4n) is 3.95. The molecule has 1 heterocycles. The molecule has 0 radical (unpaired) electrons. The van der Waals surface area contributed by atoms with Crippen LogP contribution in [-0.4, -0.2) is 36.6 Å². The van der Waals surface area contributed by atoms with Crippen LogP contribution in [0.3, 0.4) is 0 Å². The van der Waals surface area contributed by atoms with Crippen LogP contribution in [0.5, 0.6) is 0 Å². The molecule has 2 amide bonds. The molecular weight excluding hydrogens is 292 g/mol. The largest absolute Gasteiger partial charge is 0.375 e. The second-order valence-corrected chi connectivity index (χ2v) is 7.52. The summed E-state index contributed by atoms with van der Waals surface area (Å²) in [5.74, 6) is 0.523. The van der Waals surface area contributed by atoms with Crippen LogP contribution in [0.25, 0.3) is 0 Å². The molecule has 3 fully saturated rings. The molecule has 2 aliphatic carbocycles. The molecule has 1 atom stereocenters. The van der Waals surface area contributed by atoms with Crippen LogP contribution in [0.1, 0.15) is 70.6 Å². The summed E-state index contributed by atoms with van der Waals surface area (Å²) in [7, 11) is 0. The van der Waals surface area contributed by atoms with Crippen LogP contribution in [-0.2, 0) is 14.3 Å². The van der Waals surface area contributed by atoms with Gasteiger partial charge < -0.3 is 15.4 Å². The third-order valence-corrected chi connectivity index (χ3v) is 5.45. The van der Waals surface area contributed by atoms with Gasteiger partial charge in [-0.2, -0.15) is 0 Å². The minimum absolute atomic E-state index is 0.0344. The summed E-state index contributed by atoms with van der Waals surface area (Å²) in [5.41, 5.74) is 0.0344. The van der Waals surface area contributed by atoms with Crippen LogP contribution in [0.4, 0.5) is 0 Å². The molecule has 2 saturated carbocycles. The molecule has 0 aromatic heterocycles. The molecule has 0 bridgehead atoms. The number of amides is 2. The fourth-order valence-corrected chi connectivity index (χ4v) is 3.95. The molecule has 0 aromatic carbocycles. The Labute approximate surface area is 138 Å². The third-order valence-electron chi connectivity index (χ3n) is 5.45. The lowest BCUT2D eigenvalue weighted by Crippen LogP contribution is -2.49. The standard InChI is InChI=1S/C18H30N2O3/c21-16(5-4-11-19-17(22)14-6-7-14)20-15-8-12-23-18(13-15)9-2-1-3-10-18/h14-15H,1-13H2,(H,19,22)(H,20,21)/t15-/m1/s1. The Balaban J connectivity index is 1.33. The smallest absolute Gasteiger partial charge is 0.223 e. The number of carbonyl (C=O) groups excluding carboxylic acids is 2. The zero-order valence-corrected chi connectivity index (χ0v) is 14.1. The quantitative estimate of drug-likeness (QED) is 0.737. The zero-order valence-electron chi connectivity index (χ0n) is 14.1. The van der Waals surface area contributed by atoms with E-state index in [-0.39, 0.29) is 29.4 Å². The summed E-state index contributed by atoms with van der Waals surface area (Å²) in [6, 6.07) is 0.260. The van der Waals surface area contributed by atoms with Gasteiger partial charge in [0.05, 0.1) is 5.60 Å². The van der Waals surface area contributed by atoms with Crippen molar-refractivity contribution in [2.24, 2.45) is 5.92 Å². The van der Waals surface area contributed by atoms with Gasteiger partial charge in [0.15, 0.2) is 0 Å². The molecule has 5 nitrogen and oxygen atoms in total. The summed E-state index contributed by atoms with van der Waals surface area (Å²) in [5, 5.41) is 6.09. The van der Waals surface area contributed by atoms with Gasteiger partial charge in [0, 0.05) is 31.5 Å². The van der Waals surface area contributed by atoms with Crippen molar-refractivity contribution in [2.45, 2.75) is 82.3 Å². The summed E-state index contributed by atoms with van der Waals surface area (Å²) in [6.07, 6.45) is 11.3. The number of nitrogens with one attached hydrogen (secondary N) is 2. The lowest BCUT2D eigenvalue weighted by atomic mass is 9.78. The summed E-state index contributed by atoms with van der Waals surface area (Å²) >= 11 is 0. The maximum absolute atomic E-state index is 12.1. The highest BCUT2D eigenvalue weighted by atomic mass is 16.5. The van der Waals surface area contributed by atoms with E-state index in [4.69, 9.17) is 4.74 Å². The predicted molar refractivity (Wildman–Crippen MR) is 87.9 cm³/mol. The van der Waals surface area contributed by atoms with Gasteiger partial charge in [0.1, 0.15) is 0 Å². The monoisotopic (exact) mass is 322 g/mol. The van der Waals surface area contributed by atoms with Crippen molar-refractivity contribution in [3.8, 4) is 0 Å². The van der Waals surface area contributed by atoms with Gasteiger partial charge in [-0.3, -0.25) is 9.59 Å². The average Bonchev–Trinajstić information content (AvgIpc) is 3.37. The summed E-state index contributed by atoms with van der Waals surface area (Å²) in [4.78, 5) is 23.6. The number of carbonyl (C=O) groups is 2.